The number of furan rings is 1. The largest absolute Gasteiger partial charge is 0.465 e. The Bertz CT molecular complexity index is 934. The average Bonchev–Trinajstić information content (AvgIpc) is 2.92. The van der Waals surface area contributed by atoms with Crippen molar-refractivity contribution in [1.82, 2.24) is 4.98 Å². The van der Waals surface area contributed by atoms with Gasteiger partial charge in [0.15, 0.2) is 0 Å². The van der Waals surface area contributed by atoms with Gasteiger partial charge >= 0.3 is 5.97 Å². The van der Waals surface area contributed by atoms with Crippen LogP contribution in [-0.2, 0) is 4.74 Å². The van der Waals surface area contributed by atoms with Crippen LogP contribution in [0.5, 0.6) is 0 Å². The number of pyridine rings is 1. The summed E-state index contributed by atoms with van der Waals surface area (Å²) in [6.45, 7) is 0. The number of aromatic nitrogens is 1. The van der Waals surface area contributed by atoms with Crippen LogP contribution in [-0.4, -0.2) is 24.0 Å². The van der Waals surface area contributed by atoms with Gasteiger partial charge in [0, 0.05) is 11.6 Å². The zero-order chi connectivity index (χ0) is 17.3. The number of nitrogens with zero attached hydrogens (tertiary/aromatic N) is 1. The highest BCUT2D eigenvalue weighted by Gasteiger charge is 2.20. The molecule has 0 atom stereocenters. The summed E-state index contributed by atoms with van der Waals surface area (Å²) in [5.74, 6) is -0.829. The number of carbonyl (C=O) groups excluding carboxylic acids is 2. The number of benzene rings is 1. The van der Waals surface area contributed by atoms with Crippen LogP contribution in [0.3, 0.4) is 0 Å². The summed E-state index contributed by atoms with van der Waals surface area (Å²) in [6.07, 6.45) is 1.40. The molecule has 24 heavy (non-hydrogen) atoms. The first kappa shape index (κ1) is 15.8. The van der Waals surface area contributed by atoms with Crippen molar-refractivity contribution in [3.8, 4) is 0 Å². The lowest BCUT2D eigenvalue weighted by atomic mass is 10.1. The Kier molecular flexibility index (Phi) is 4.09. The summed E-state index contributed by atoms with van der Waals surface area (Å²) in [7, 11) is 1.28. The number of nitrogen functional groups attached to an aromatic ring is 1. The van der Waals surface area contributed by atoms with Gasteiger partial charge in [-0.05, 0) is 30.3 Å². The molecule has 122 valence electrons. The Morgan fingerprint density at radius 2 is 2.08 bits per heavy atom. The molecule has 8 heteroatoms. The van der Waals surface area contributed by atoms with Crippen molar-refractivity contribution >= 4 is 46.0 Å². The molecule has 0 spiro atoms. The van der Waals surface area contributed by atoms with Gasteiger partial charge in [-0.25, -0.2) is 9.78 Å². The molecule has 3 rings (SSSR count). The summed E-state index contributed by atoms with van der Waals surface area (Å²) in [4.78, 5) is 27.8. The van der Waals surface area contributed by atoms with E-state index < -0.39 is 11.9 Å². The second-order valence-corrected chi connectivity index (χ2v) is 5.30. The van der Waals surface area contributed by atoms with Crippen molar-refractivity contribution in [2.24, 2.45) is 0 Å². The third-order valence-electron chi connectivity index (χ3n) is 3.32. The Hall–Kier alpha value is -3.06. The number of carbonyl (C=O) groups is 2. The van der Waals surface area contributed by atoms with Gasteiger partial charge in [0.05, 0.1) is 23.4 Å². The van der Waals surface area contributed by atoms with Crippen LogP contribution < -0.4 is 11.1 Å². The minimum Gasteiger partial charge on any atom is -0.465 e. The summed E-state index contributed by atoms with van der Waals surface area (Å²) >= 11 is 5.74. The van der Waals surface area contributed by atoms with Crippen LogP contribution in [0.4, 0.5) is 11.5 Å². The molecule has 2 aromatic heterocycles. The van der Waals surface area contributed by atoms with E-state index in [4.69, 9.17) is 21.8 Å². The topological polar surface area (TPSA) is 107 Å². The monoisotopic (exact) mass is 345 g/mol. The average molecular weight is 346 g/mol. The summed E-state index contributed by atoms with van der Waals surface area (Å²) in [5.41, 5.74) is 6.74. The zero-order valence-electron chi connectivity index (χ0n) is 12.5. The standard InChI is InChI=1S/C16H12ClN3O4/c1-23-16(22)8-2-4-10-11(6-8)24-14(13(10)18)15(21)20-12-5-3-9(17)7-19-12/h2-7H,18H2,1H3,(H,19,20,21). The fourth-order valence-electron chi connectivity index (χ4n) is 2.15. The van der Waals surface area contributed by atoms with Gasteiger partial charge in [0.1, 0.15) is 11.4 Å². The highest BCUT2D eigenvalue weighted by atomic mass is 35.5. The number of nitrogens with two attached hydrogens (primary N) is 1. The molecule has 0 aliphatic heterocycles. The van der Waals surface area contributed by atoms with Crippen LogP contribution in [0.1, 0.15) is 20.9 Å². The number of esters is 1. The van der Waals surface area contributed by atoms with Gasteiger partial charge in [-0.3, -0.25) is 4.79 Å². The Morgan fingerprint density at radius 1 is 1.29 bits per heavy atom. The van der Waals surface area contributed by atoms with E-state index in [2.05, 4.69) is 15.0 Å². The van der Waals surface area contributed by atoms with Crippen LogP contribution in [0, 0.1) is 0 Å². The molecule has 3 N–H and O–H groups in total. The summed E-state index contributed by atoms with van der Waals surface area (Å²) in [5, 5.41) is 3.54. The molecule has 0 radical (unpaired) electrons. The predicted octanol–water partition coefficient (Wildman–Crippen LogP) is 3.10. The first-order chi connectivity index (χ1) is 11.5. The van der Waals surface area contributed by atoms with E-state index >= 15 is 0 Å². The maximum absolute atomic E-state index is 12.3. The fraction of sp³-hybridized carbons (Fsp3) is 0.0625. The molecule has 0 unspecified atom stereocenters. The normalized spacial score (nSPS) is 10.6. The molecule has 3 aromatic rings. The number of amides is 1. The molecule has 0 bridgehead atoms. The number of rotatable bonds is 3. The van der Waals surface area contributed by atoms with Gasteiger partial charge < -0.3 is 20.2 Å². The highest BCUT2D eigenvalue weighted by molar-refractivity contribution is 6.30. The number of methoxy groups -OCH3 is 1. The van der Waals surface area contributed by atoms with Crippen LogP contribution in [0.15, 0.2) is 40.9 Å². The maximum Gasteiger partial charge on any atom is 0.337 e. The molecule has 0 saturated carbocycles. The van der Waals surface area contributed by atoms with Crippen LogP contribution in [0.25, 0.3) is 11.0 Å². The first-order valence-electron chi connectivity index (χ1n) is 6.83. The Balaban J connectivity index is 1.93. The van der Waals surface area contributed by atoms with Crippen LogP contribution >= 0.6 is 11.6 Å². The Labute approximate surface area is 141 Å². The minimum atomic E-state index is -0.557. The number of hydrogen-bond acceptors (Lipinski definition) is 6. The molecule has 1 aromatic carbocycles. The molecule has 2 heterocycles. The molecule has 1 amide bonds. The van der Waals surface area contributed by atoms with Crippen LogP contribution in [0.2, 0.25) is 5.02 Å². The van der Waals surface area contributed by atoms with Gasteiger partial charge in [-0.2, -0.15) is 0 Å². The van der Waals surface area contributed by atoms with E-state index in [0.29, 0.717) is 27.4 Å². The molecular weight excluding hydrogens is 334 g/mol. The lowest BCUT2D eigenvalue weighted by Gasteiger charge is -2.02. The number of fused-ring (bicyclic) bond motifs is 1. The van der Waals surface area contributed by atoms with Crippen molar-refractivity contribution in [1.29, 1.82) is 0 Å². The van der Waals surface area contributed by atoms with E-state index in [-0.39, 0.29) is 11.4 Å². The molecular formula is C16H12ClN3O4. The highest BCUT2D eigenvalue weighted by Crippen LogP contribution is 2.29. The van der Waals surface area contributed by atoms with Crippen molar-refractivity contribution in [2.75, 3.05) is 18.2 Å². The lowest BCUT2D eigenvalue weighted by molar-refractivity contribution is 0.0600. The van der Waals surface area contributed by atoms with Crippen molar-refractivity contribution in [2.45, 2.75) is 0 Å². The lowest BCUT2D eigenvalue weighted by Crippen LogP contribution is -2.13. The van der Waals surface area contributed by atoms with Gasteiger partial charge in [-0.15, -0.1) is 0 Å². The van der Waals surface area contributed by atoms with E-state index in [1.54, 1.807) is 24.3 Å². The zero-order valence-corrected chi connectivity index (χ0v) is 13.3. The quantitative estimate of drug-likeness (QED) is 0.706. The van der Waals surface area contributed by atoms with E-state index in [0.717, 1.165) is 0 Å². The van der Waals surface area contributed by atoms with Gasteiger partial charge in [-0.1, -0.05) is 11.6 Å². The summed E-state index contributed by atoms with van der Waals surface area (Å²) in [6, 6.07) is 7.75. The first-order valence-corrected chi connectivity index (χ1v) is 7.20. The molecule has 0 fully saturated rings. The van der Waals surface area contributed by atoms with Crippen molar-refractivity contribution in [3.05, 3.63) is 52.9 Å². The number of nitrogens with one attached hydrogen (secondary N) is 1. The van der Waals surface area contributed by atoms with E-state index in [1.807, 2.05) is 0 Å². The SMILES string of the molecule is COC(=O)c1ccc2c(N)c(C(=O)Nc3ccc(Cl)cn3)oc2c1. The summed E-state index contributed by atoms with van der Waals surface area (Å²) < 4.78 is 10.1. The number of anilines is 2. The van der Waals surface area contributed by atoms with Crippen molar-refractivity contribution in [3.63, 3.8) is 0 Å². The maximum atomic E-state index is 12.3. The minimum absolute atomic E-state index is 0.0660. The second-order valence-electron chi connectivity index (χ2n) is 4.86. The number of ether oxygens (including phenoxy) is 1. The number of halogens is 1. The molecule has 0 aliphatic carbocycles. The number of hydrogen-bond donors (Lipinski definition) is 2. The van der Waals surface area contributed by atoms with Crippen molar-refractivity contribution < 1.29 is 18.7 Å². The Morgan fingerprint density at radius 3 is 2.75 bits per heavy atom. The van der Waals surface area contributed by atoms with Gasteiger partial charge in [0.25, 0.3) is 5.91 Å². The molecule has 0 aliphatic rings. The third kappa shape index (κ3) is 2.89. The van der Waals surface area contributed by atoms with E-state index in [1.165, 1.54) is 19.4 Å². The third-order valence-corrected chi connectivity index (χ3v) is 3.55. The van der Waals surface area contributed by atoms with Gasteiger partial charge in [0.2, 0.25) is 5.76 Å². The second kappa shape index (κ2) is 6.21. The fourth-order valence-corrected chi connectivity index (χ4v) is 2.26. The molecule has 7 nitrogen and oxygen atoms in total. The smallest absolute Gasteiger partial charge is 0.337 e. The predicted molar refractivity (Wildman–Crippen MR) is 89.2 cm³/mol. The molecule has 0 saturated heterocycles. The van der Waals surface area contributed by atoms with E-state index in [9.17, 15) is 9.59 Å².